The fourth-order valence-corrected chi connectivity index (χ4v) is 4.24. The van der Waals surface area contributed by atoms with Crippen molar-refractivity contribution in [2.24, 2.45) is 5.92 Å². The van der Waals surface area contributed by atoms with Gasteiger partial charge in [0.05, 0.1) is 18.7 Å². The summed E-state index contributed by atoms with van der Waals surface area (Å²) in [7, 11) is 0. The first-order valence-electron chi connectivity index (χ1n) is 10.2. The zero-order valence-corrected chi connectivity index (χ0v) is 19.4. The van der Waals surface area contributed by atoms with E-state index in [-0.39, 0.29) is 24.2 Å². The molecule has 1 aromatic heterocycles. The summed E-state index contributed by atoms with van der Waals surface area (Å²) in [5.41, 5.74) is 2.79. The molecule has 0 fully saturated rings. The maximum Gasteiger partial charge on any atom is 0.243 e. The lowest BCUT2D eigenvalue weighted by Crippen LogP contribution is -2.49. The highest BCUT2D eigenvalue weighted by Crippen LogP contribution is 2.28. The quantitative estimate of drug-likeness (QED) is 0.513. The second kappa shape index (κ2) is 10.6. The summed E-state index contributed by atoms with van der Waals surface area (Å²) < 4.78 is 0. The Labute approximate surface area is 191 Å². The van der Waals surface area contributed by atoms with E-state index in [1.54, 1.807) is 11.3 Å². The molecule has 2 N–H and O–H groups in total. The predicted octanol–water partition coefficient (Wildman–Crippen LogP) is 4.77. The molecule has 1 atom stereocenters. The van der Waals surface area contributed by atoms with Gasteiger partial charge >= 0.3 is 0 Å². The van der Waals surface area contributed by atoms with Crippen molar-refractivity contribution in [3.8, 4) is 11.3 Å². The molecule has 0 saturated carbocycles. The smallest absolute Gasteiger partial charge is 0.243 e. The van der Waals surface area contributed by atoms with Crippen molar-refractivity contribution in [1.82, 2.24) is 15.6 Å². The van der Waals surface area contributed by atoms with Crippen LogP contribution in [0.1, 0.15) is 29.3 Å². The van der Waals surface area contributed by atoms with E-state index < -0.39 is 6.04 Å². The molecule has 0 aliphatic heterocycles. The summed E-state index contributed by atoms with van der Waals surface area (Å²) in [5.74, 6) is -0.421. The summed E-state index contributed by atoms with van der Waals surface area (Å²) in [6.07, 6.45) is 0.244. The number of benzene rings is 2. The standard InChI is InChI=1S/C24H26ClN3O2S/c1-15(2)22(27-20(29)13-17-7-5-4-6-8-17)24(30)26-14-21-28-23(16(3)31-21)18-9-11-19(25)12-10-18/h4-12,15,22H,13-14H2,1-3H3,(H,26,30)(H,27,29). The lowest BCUT2D eigenvalue weighted by Gasteiger charge is -2.21. The van der Waals surface area contributed by atoms with E-state index in [0.29, 0.717) is 11.6 Å². The molecule has 0 spiro atoms. The Bertz CT molecular complexity index is 1030. The lowest BCUT2D eigenvalue weighted by molar-refractivity contribution is -0.129. The number of nitrogens with one attached hydrogen (secondary N) is 2. The van der Waals surface area contributed by atoms with E-state index in [4.69, 9.17) is 11.6 Å². The molecule has 3 aromatic rings. The molecule has 162 valence electrons. The van der Waals surface area contributed by atoms with Gasteiger partial charge in [-0.15, -0.1) is 11.3 Å². The lowest BCUT2D eigenvalue weighted by atomic mass is 10.0. The van der Waals surface area contributed by atoms with Crippen LogP contribution in [0.25, 0.3) is 11.3 Å². The number of rotatable bonds is 8. The highest BCUT2D eigenvalue weighted by Gasteiger charge is 2.24. The second-order valence-electron chi connectivity index (χ2n) is 7.69. The molecule has 0 aliphatic carbocycles. The number of thiazole rings is 1. The van der Waals surface area contributed by atoms with Crippen molar-refractivity contribution in [1.29, 1.82) is 0 Å². The fraction of sp³-hybridized carbons (Fsp3) is 0.292. The van der Waals surface area contributed by atoms with E-state index in [0.717, 1.165) is 26.7 Å². The Hall–Kier alpha value is -2.70. The Morgan fingerprint density at radius 2 is 1.74 bits per heavy atom. The van der Waals surface area contributed by atoms with Crippen LogP contribution < -0.4 is 10.6 Å². The van der Waals surface area contributed by atoms with Gasteiger partial charge in [0.25, 0.3) is 0 Å². The third-order valence-corrected chi connectivity index (χ3v) is 6.07. The zero-order chi connectivity index (χ0) is 22.4. The summed E-state index contributed by atoms with van der Waals surface area (Å²) >= 11 is 7.51. The molecule has 31 heavy (non-hydrogen) atoms. The Kier molecular flexibility index (Phi) is 7.82. The van der Waals surface area contributed by atoms with Crippen LogP contribution in [-0.2, 0) is 22.6 Å². The third-order valence-electron chi connectivity index (χ3n) is 4.85. The molecule has 7 heteroatoms. The van der Waals surface area contributed by atoms with Gasteiger partial charge in [-0.1, -0.05) is 67.9 Å². The molecule has 2 amide bonds. The maximum absolute atomic E-state index is 12.8. The summed E-state index contributed by atoms with van der Waals surface area (Å²) in [6, 6.07) is 16.4. The minimum absolute atomic E-state index is 0.0395. The van der Waals surface area contributed by atoms with Gasteiger partial charge in [0.1, 0.15) is 11.0 Å². The molecule has 0 saturated heterocycles. The van der Waals surface area contributed by atoms with E-state index in [1.807, 2.05) is 75.4 Å². The molecule has 3 rings (SSSR count). The van der Waals surface area contributed by atoms with Crippen LogP contribution in [0.5, 0.6) is 0 Å². The number of hydrogen-bond acceptors (Lipinski definition) is 4. The summed E-state index contributed by atoms with van der Waals surface area (Å²) in [5, 5.41) is 7.28. The summed E-state index contributed by atoms with van der Waals surface area (Å²) in [6.45, 7) is 6.15. The van der Waals surface area contributed by atoms with Crippen molar-refractivity contribution < 1.29 is 9.59 Å². The number of carbonyl (C=O) groups excluding carboxylic acids is 2. The maximum atomic E-state index is 12.8. The molecular formula is C24H26ClN3O2S. The minimum atomic E-state index is -0.604. The Morgan fingerprint density at radius 3 is 2.39 bits per heavy atom. The molecule has 0 bridgehead atoms. The topological polar surface area (TPSA) is 71.1 Å². The van der Waals surface area contributed by atoms with Crippen LogP contribution in [0.4, 0.5) is 0 Å². The molecular weight excluding hydrogens is 430 g/mol. The number of nitrogens with zero attached hydrogens (tertiary/aromatic N) is 1. The van der Waals surface area contributed by atoms with E-state index in [2.05, 4.69) is 15.6 Å². The van der Waals surface area contributed by atoms with Crippen molar-refractivity contribution in [2.45, 2.75) is 39.8 Å². The number of aromatic nitrogens is 1. The van der Waals surface area contributed by atoms with E-state index in [1.165, 1.54) is 0 Å². The van der Waals surface area contributed by atoms with Gasteiger partial charge in [-0.2, -0.15) is 0 Å². The predicted molar refractivity (Wildman–Crippen MR) is 126 cm³/mol. The highest BCUT2D eigenvalue weighted by molar-refractivity contribution is 7.12. The molecule has 0 radical (unpaired) electrons. The summed E-state index contributed by atoms with van der Waals surface area (Å²) in [4.78, 5) is 31.0. The molecule has 0 aliphatic rings. The van der Waals surface area contributed by atoms with Crippen LogP contribution in [-0.4, -0.2) is 22.8 Å². The number of amides is 2. The second-order valence-corrected chi connectivity index (χ2v) is 9.41. The van der Waals surface area contributed by atoms with Crippen LogP contribution in [0.15, 0.2) is 54.6 Å². The third kappa shape index (κ3) is 6.39. The normalized spacial score (nSPS) is 11.9. The van der Waals surface area contributed by atoms with Gasteiger partial charge in [0.2, 0.25) is 11.8 Å². The van der Waals surface area contributed by atoms with E-state index in [9.17, 15) is 9.59 Å². The van der Waals surface area contributed by atoms with Crippen molar-refractivity contribution in [2.75, 3.05) is 0 Å². The zero-order valence-electron chi connectivity index (χ0n) is 17.8. The first-order valence-corrected chi connectivity index (χ1v) is 11.4. The minimum Gasteiger partial charge on any atom is -0.348 e. The Balaban J connectivity index is 1.60. The first-order chi connectivity index (χ1) is 14.8. The van der Waals surface area contributed by atoms with Crippen LogP contribution >= 0.6 is 22.9 Å². The molecule has 1 unspecified atom stereocenters. The van der Waals surface area contributed by atoms with Crippen LogP contribution in [0, 0.1) is 12.8 Å². The number of aryl methyl sites for hydroxylation is 1. The van der Waals surface area contributed by atoms with Gasteiger partial charge in [-0.05, 0) is 30.5 Å². The first kappa shape index (κ1) is 23.0. The van der Waals surface area contributed by atoms with Crippen LogP contribution in [0.3, 0.4) is 0 Å². The van der Waals surface area contributed by atoms with Crippen molar-refractivity contribution in [3.05, 3.63) is 75.1 Å². The number of hydrogen-bond donors (Lipinski definition) is 2. The fourth-order valence-electron chi connectivity index (χ4n) is 3.22. The number of carbonyl (C=O) groups is 2. The molecule has 2 aromatic carbocycles. The molecule has 1 heterocycles. The van der Waals surface area contributed by atoms with Crippen molar-refractivity contribution in [3.63, 3.8) is 0 Å². The Morgan fingerprint density at radius 1 is 1.06 bits per heavy atom. The largest absolute Gasteiger partial charge is 0.348 e. The van der Waals surface area contributed by atoms with E-state index >= 15 is 0 Å². The number of halogens is 1. The molecule has 5 nitrogen and oxygen atoms in total. The average molecular weight is 456 g/mol. The highest BCUT2D eigenvalue weighted by atomic mass is 35.5. The monoisotopic (exact) mass is 455 g/mol. The SMILES string of the molecule is Cc1sc(CNC(=O)C(NC(=O)Cc2ccccc2)C(C)C)nc1-c1ccc(Cl)cc1. The van der Waals surface area contributed by atoms with Gasteiger partial charge in [0.15, 0.2) is 0 Å². The van der Waals surface area contributed by atoms with Gasteiger partial charge in [0, 0.05) is 15.5 Å². The van der Waals surface area contributed by atoms with Gasteiger partial charge in [-0.25, -0.2) is 4.98 Å². The van der Waals surface area contributed by atoms with Crippen molar-refractivity contribution >= 4 is 34.8 Å². The average Bonchev–Trinajstić information content (AvgIpc) is 3.12. The van der Waals surface area contributed by atoms with Gasteiger partial charge in [-0.3, -0.25) is 9.59 Å². The van der Waals surface area contributed by atoms with Gasteiger partial charge < -0.3 is 10.6 Å². The van der Waals surface area contributed by atoms with Crippen LogP contribution in [0.2, 0.25) is 5.02 Å².